The van der Waals surface area contributed by atoms with Crippen LogP contribution in [-0.2, 0) is 16.1 Å². The summed E-state index contributed by atoms with van der Waals surface area (Å²) in [5.41, 5.74) is 0. The number of hydrogen-bond donors (Lipinski definition) is 0. The number of terminal acetylenes is 1. The highest BCUT2D eigenvalue weighted by molar-refractivity contribution is 5.79. The van der Waals surface area contributed by atoms with Crippen LogP contribution in [-0.4, -0.2) is 30.6 Å². The molecule has 1 aliphatic heterocycles. The molecule has 2 rings (SSSR count). The molecule has 1 fully saturated rings. The third-order valence-corrected chi connectivity index (χ3v) is 2.80. The molecule has 0 N–H and O–H groups in total. The van der Waals surface area contributed by atoms with E-state index in [1.54, 1.807) is 17.2 Å². The Morgan fingerprint density at radius 2 is 2.53 bits per heavy atom. The quantitative estimate of drug-likeness (QED) is 0.736. The molecule has 0 radical (unpaired) electrons. The second kappa shape index (κ2) is 5.55. The van der Waals surface area contributed by atoms with Crippen molar-refractivity contribution in [2.45, 2.75) is 13.0 Å². The summed E-state index contributed by atoms with van der Waals surface area (Å²) < 4.78 is 10.4. The zero-order valence-corrected chi connectivity index (χ0v) is 9.59. The number of carbonyl (C=O) groups is 1. The molecule has 1 saturated heterocycles. The van der Waals surface area contributed by atoms with Gasteiger partial charge in [0.25, 0.3) is 0 Å². The van der Waals surface area contributed by atoms with Gasteiger partial charge in [-0.05, 0) is 18.6 Å². The number of nitrogens with zero attached hydrogens (tertiary/aromatic N) is 1. The van der Waals surface area contributed by atoms with E-state index in [1.165, 1.54) is 0 Å². The smallest absolute Gasteiger partial charge is 0.229 e. The largest absolute Gasteiger partial charge is 0.467 e. The molecule has 4 heteroatoms. The number of rotatable bonds is 4. The summed E-state index contributed by atoms with van der Waals surface area (Å²) in [6.07, 6.45) is 7.65. The molecule has 0 aliphatic carbocycles. The van der Waals surface area contributed by atoms with Gasteiger partial charge in [-0.15, -0.1) is 6.42 Å². The highest BCUT2D eigenvalue weighted by Crippen LogP contribution is 2.17. The Kier molecular flexibility index (Phi) is 3.84. The monoisotopic (exact) mass is 233 g/mol. The van der Waals surface area contributed by atoms with Crippen LogP contribution in [0.5, 0.6) is 0 Å². The molecule has 1 aromatic rings. The lowest BCUT2D eigenvalue weighted by molar-refractivity contribution is -0.135. The minimum absolute atomic E-state index is 0.0526. The molecule has 17 heavy (non-hydrogen) atoms. The fourth-order valence-electron chi connectivity index (χ4n) is 1.90. The van der Waals surface area contributed by atoms with Gasteiger partial charge in [0, 0.05) is 6.61 Å². The molecule has 0 spiro atoms. The summed E-state index contributed by atoms with van der Waals surface area (Å²) in [6, 6.07) is 3.63. The Balaban J connectivity index is 2.01. The van der Waals surface area contributed by atoms with Gasteiger partial charge in [-0.1, -0.05) is 5.92 Å². The van der Waals surface area contributed by atoms with Gasteiger partial charge in [0.2, 0.25) is 5.91 Å². The van der Waals surface area contributed by atoms with Gasteiger partial charge in [0.1, 0.15) is 5.76 Å². The molecular formula is C13H15NO3. The minimum atomic E-state index is -0.0571. The zero-order valence-electron chi connectivity index (χ0n) is 9.59. The molecule has 0 saturated carbocycles. The fraction of sp³-hybridized carbons (Fsp3) is 0.462. The standard InChI is InChI=1S/C13H15NO3/c1-2-6-14(9-12-4-3-7-17-12)13(15)11-5-8-16-10-11/h1,3-4,7,11H,5-6,8-10H2/t11-/m1/s1. The summed E-state index contributed by atoms with van der Waals surface area (Å²) in [5.74, 6) is 3.25. The predicted molar refractivity (Wildman–Crippen MR) is 61.9 cm³/mol. The lowest BCUT2D eigenvalue weighted by atomic mass is 10.1. The Morgan fingerprint density at radius 1 is 1.65 bits per heavy atom. The third-order valence-electron chi connectivity index (χ3n) is 2.80. The van der Waals surface area contributed by atoms with Gasteiger partial charge in [-0.3, -0.25) is 4.79 Å². The van der Waals surface area contributed by atoms with E-state index in [2.05, 4.69) is 5.92 Å². The first kappa shape index (κ1) is 11.7. The van der Waals surface area contributed by atoms with Crippen LogP contribution in [0.4, 0.5) is 0 Å². The first-order valence-electron chi connectivity index (χ1n) is 5.63. The summed E-state index contributed by atoms with van der Waals surface area (Å²) in [6.45, 7) is 1.88. The van der Waals surface area contributed by atoms with Crippen molar-refractivity contribution in [3.05, 3.63) is 24.2 Å². The topological polar surface area (TPSA) is 42.7 Å². The van der Waals surface area contributed by atoms with Crippen LogP contribution >= 0.6 is 0 Å². The number of carbonyl (C=O) groups excluding carboxylic acids is 1. The van der Waals surface area contributed by atoms with Gasteiger partial charge in [-0.25, -0.2) is 0 Å². The van der Waals surface area contributed by atoms with Gasteiger partial charge in [0.15, 0.2) is 0 Å². The van der Waals surface area contributed by atoms with Crippen LogP contribution in [0.15, 0.2) is 22.8 Å². The molecule has 1 amide bonds. The highest BCUT2D eigenvalue weighted by Gasteiger charge is 2.28. The molecule has 0 unspecified atom stereocenters. The van der Waals surface area contributed by atoms with Gasteiger partial charge >= 0.3 is 0 Å². The number of ether oxygens (including phenoxy) is 1. The molecule has 1 aliphatic rings. The lowest BCUT2D eigenvalue weighted by Gasteiger charge is -2.21. The number of hydrogen-bond acceptors (Lipinski definition) is 3. The molecule has 90 valence electrons. The van der Waals surface area contributed by atoms with Gasteiger partial charge in [-0.2, -0.15) is 0 Å². The Morgan fingerprint density at radius 3 is 3.12 bits per heavy atom. The maximum Gasteiger partial charge on any atom is 0.229 e. The van der Waals surface area contributed by atoms with Crippen molar-refractivity contribution in [3.63, 3.8) is 0 Å². The summed E-state index contributed by atoms with van der Waals surface area (Å²) in [5, 5.41) is 0. The van der Waals surface area contributed by atoms with Crippen molar-refractivity contribution < 1.29 is 13.9 Å². The van der Waals surface area contributed by atoms with E-state index in [0.29, 0.717) is 26.3 Å². The van der Waals surface area contributed by atoms with Crippen molar-refractivity contribution in [1.82, 2.24) is 4.90 Å². The van der Waals surface area contributed by atoms with Crippen LogP contribution in [0.2, 0.25) is 0 Å². The number of amides is 1. The van der Waals surface area contributed by atoms with Gasteiger partial charge < -0.3 is 14.1 Å². The number of furan rings is 1. The first-order chi connectivity index (χ1) is 8.31. The van der Waals surface area contributed by atoms with E-state index in [0.717, 1.165) is 12.2 Å². The van der Waals surface area contributed by atoms with Crippen molar-refractivity contribution in [3.8, 4) is 12.3 Å². The second-order valence-electron chi connectivity index (χ2n) is 4.04. The normalized spacial score (nSPS) is 18.9. The molecule has 4 nitrogen and oxygen atoms in total. The van der Waals surface area contributed by atoms with Crippen molar-refractivity contribution in [1.29, 1.82) is 0 Å². The molecule has 1 atom stereocenters. The van der Waals surface area contributed by atoms with E-state index >= 15 is 0 Å². The third kappa shape index (κ3) is 2.89. The van der Waals surface area contributed by atoms with Crippen molar-refractivity contribution >= 4 is 5.91 Å². The Hall–Kier alpha value is -1.73. The lowest BCUT2D eigenvalue weighted by Crippen LogP contribution is -2.36. The van der Waals surface area contributed by atoms with Crippen molar-refractivity contribution in [2.24, 2.45) is 5.92 Å². The minimum Gasteiger partial charge on any atom is -0.467 e. The van der Waals surface area contributed by atoms with Crippen LogP contribution < -0.4 is 0 Å². The Bertz CT molecular complexity index is 399. The van der Waals surface area contributed by atoms with Crippen LogP contribution in [0.3, 0.4) is 0 Å². The molecule has 1 aromatic heterocycles. The average molecular weight is 233 g/mol. The summed E-state index contributed by atoms with van der Waals surface area (Å²) in [7, 11) is 0. The first-order valence-corrected chi connectivity index (χ1v) is 5.63. The maximum atomic E-state index is 12.2. The zero-order chi connectivity index (χ0) is 12.1. The SMILES string of the molecule is C#CCN(Cc1ccco1)C(=O)[C@@H]1CCOC1. The molecule has 0 aromatic carbocycles. The molecular weight excluding hydrogens is 218 g/mol. The van der Waals surface area contributed by atoms with Crippen LogP contribution in [0.25, 0.3) is 0 Å². The van der Waals surface area contributed by atoms with Crippen LogP contribution in [0, 0.1) is 18.3 Å². The van der Waals surface area contributed by atoms with Crippen molar-refractivity contribution in [2.75, 3.05) is 19.8 Å². The van der Waals surface area contributed by atoms with E-state index in [4.69, 9.17) is 15.6 Å². The van der Waals surface area contributed by atoms with Gasteiger partial charge in [0.05, 0.1) is 31.9 Å². The average Bonchev–Trinajstić information content (AvgIpc) is 3.00. The maximum absolute atomic E-state index is 12.2. The van der Waals surface area contributed by atoms with E-state index in [1.807, 2.05) is 6.07 Å². The Labute approximate surface area is 101 Å². The summed E-state index contributed by atoms with van der Waals surface area (Å²) in [4.78, 5) is 13.8. The van der Waals surface area contributed by atoms with Crippen LogP contribution in [0.1, 0.15) is 12.2 Å². The van der Waals surface area contributed by atoms with E-state index < -0.39 is 0 Å². The van der Waals surface area contributed by atoms with E-state index in [9.17, 15) is 4.79 Å². The molecule has 0 bridgehead atoms. The molecule has 2 heterocycles. The second-order valence-corrected chi connectivity index (χ2v) is 4.04. The van der Waals surface area contributed by atoms with E-state index in [-0.39, 0.29) is 11.8 Å². The highest BCUT2D eigenvalue weighted by atomic mass is 16.5. The summed E-state index contributed by atoms with van der Waals surface area (Å²) >= 11 is 0. The fourth-order valence-corrected chi connectivity index (χ4v) is 1.90. The predicted octanol–water partition coefficient (Wildman–Crippen LogP) is 1.28.